The summed E-state index contributed by atoms with van der Waals surface area (Å²) >= 11 is 2.26. The number of aryl methyl sites for hydroxylation is 1. The molecule has 5 nitrogen and oxygen atoms in total. The van der Waals surface area contributed by atoms with Gasteiger partial charge in [0.25, 0.3) is 0 Å². The molecule has 1 saturated heterocycles. The predicted molar refractivity (Wildman–Crippen MR) is 103 cm³/mol. The van der Waals surface area contributed by atoms with Crippen molar-refractivity contribution >= 4 is 40.3 Å². The van der Waals surface area contributed by atoms with Crippen LogP contribution < -0.4 is 5.32 Å². The molecule has 0 aliphatic carbocycles. The van der Waals surface area contributed by atoms with Crippen LogP contribution >= 0.6 is 22.6 Å². The maximum absolute atomic E-state index is 12.4. The molecule has 24 heavy (non-hydrogen) atoms. The Balaban J connectivity index is 1.86. The number of halogens is 1. The molecular formula is C18H25IN2O3. The summed E-state index contributed by atoms with van der Waals surface area (Å²) in [6.07, 6.45) is 1.02. The number of carbonyl (C=O) groups excluding carboxylic acids is 2. The van der Waals surface area contributed by atoms with Gasteiger partial charge in [0, 0.05) is 28.3 Å². The first-order valence-corrected chi connectivity index (χ1v) is 9.28. The lowest BCUT2D eigenvalue weighted by atomic mass is 9.96. The smallest absolute Gasteiger partial charge is 0.410 e. The highest BCUT2D eigenvalue weighted by Crippen LogP contribution is 2.22. The van der Waals surface area contributed by atoms with Crippen LogP contribution in [-0.4, -0.2) is 35.6 Å². The molecule has 0 unspecified atom stereocenters. The van der Waals surface area contributed by atoms with Gasteiger partial charge >= 0.3 is 6.09 Å². The Morgan fingerprint density at radius 3 is 2.42 bits per heavy atom. The summed E-state index contributed by atoms with van der Waals surface area (Å²) in [5, 5.41) is 2.98. The first-order valence-electron chi connectivity index (χ1n) is 8.20. The van der Waals surface area contributed by atoms with Gasteiger partial charge in [-0.3, -0.25) is 4.79 Å². The second-order valence-corrected chi connectivity index (χ2v) is 8.36. The van der Waals surface area contributed by atoms with E-state index in [4.69, 9.17) is 4.74 Å². The van der Waals surface area contributed by atoms with E-state index in [1.165, 1.54) is 5.56 Å². The van der Waals surface area contributed by atoms with Gasteiger partial charge in [0.1, 0.15) is 5.60 Å². The molecule has 0 aromatic heterocycles. The molecule has 0 radical (unpaired) electrons. The van der Waals surface area contributed by atoms with Gasteiger partial charge in [-0.15, -0.1) is 0 Å². The van der Waals surface area contributed by atoms with Crippen molar-refractivity contribution in [2.24, 2.45) is 5.92 Å². The van der Waals surface area contributed by atoms with Crippen LogP contribution in [0.5, 0.6) is 0 Å². The lowest BCUT2D eigenvalue weighted by Crippen LogP contribution is -2.43. The van der Waals surface area contributed by atoms with Gasteiger partial charge in [-0.1, -0.05) is 6.07 Å². The van der Waals surface area contributed by atoms with Crippen molar-refractivity contribution in [2.75, 3.05) is 18.4 Å². The second kappa shape index (κ2) is 7.72. The van der Waals surface area contributed by atoms with Crippen LogP contribution in [0, 0.1) is 16.4 Å². The molecule has 1 fully saturated rings. The molecular weight excluding hydrogens is 419 g/mol. The van der Waals surface area contributed by atoms with E-state index in [1.807, 2.05) is 45.9 Å². The van der Waals surface area contributed by atoms with Crippen LogP contribution in [0.2, 0.25) is 0 Å². The highest BCUT2D eigenvalue weighted by Gasteiger charge is 2.29. The molecule has 132 valence electrons. The van der Waals surface area contributed by atoms with Crippen LogP contribution in [0.3, 0.4) is 0 Å². The number of benzene rings is 1. The minimum absolute atomic E-state index is 0.0264. The molecule has 0 spiro atoms. The number of piperidine rings is 1. The molecule has 0 saturated carbocycles. The first kappa shape index (κ1) is 19.0. The van der Waals surface area contributed by atoms with Crippen LogP contribution in [0.4, 0.5) is 10.5 Å². The Morgan fingerprint density at radius 1 is 1.25 bits per heavy atom. The van der Waals surface area contributed by atoms with E-state index < -0.39 is 5.60 Å². The molecule has 6 heteroatoms. The Bertz CT molecular complexity index is 617. The number of likely N-dealkylation sites (tertiary alicyclic amines) is 1. The van der Waals surface area contributed by atoms with E-state index in [9.17, 15) is 9.59 Å². The molecule has 0 atom stereocenters. The minimum Gasteiger partial charge on any atom is -0.444 e. The van der Waals surface area contributed by atoms with E-state index in [0.29, 0.717) is 25.9 Å². The van der Waals surface area contributed by atoms with E-state index in [0.717, 1.165) is 9.26 Å². The maximum atomic E-state index is 12.4. The van der Waals surface area contributed by atoms with E-state index in [1.54, 1.807) is 4.90 Å². The Kier molecular flexibility index (Phi) is 6.11. The Morgan fingerprint density at radius 2 is 1.88 bits per heavy atom. The van der Waals surface area contributed by atoms with Gasteiger partial charge in [0.05, 0.1) is 0 Å². The van der Waals surface area contributed by atoms with Gasteiger partial charge in [-0.2, -0.15) is 0 Å². The first-order chi connectivity index (χ1) is 11.2. The normalized spacial score (nSPS) is 16.0. The number of ether oxygens (including phenoxy) is 1. The lowest BCUT2D eigenvalue weighted by molar-refractivity contribution is -0.121. The fourth-order valence-electron chi connectivity index (χ4n) is 2.57. The van der Waals surface area contributed by atoms with Crippen molar-refractivity contribution in [3.05, 3.63) is 27.3 Å². The van der Waals surface area contributed by atoms with E-state index in [-0.39, 0.29) is 17.9 Å². The van der Waals surface area contributed by atoms with Gasteiger partial charge in [0.2, 0.25) is 5.91 Å². The van der Waals surface area contributed by atoms with E-state index in [2.05, 4.69) is 27.9 Å². The zero-order chi connectivity index (χ0) is 17.9. The van der Waals surface area contributed by atoms with Crippen LogP contribution in [0.25, 0.3) is 0 Å². The molecule has 0 bridgehead atoms. The standard InChI is InChI=1S/C18H25IN2O3/c1-12-5-6-14(11-15(12)19)20-16(22)13-7-9-21(10-8-13)17(23)24-18(2,3)4/h5-6,11,13H,7-10H2,1-4H3,(H,20,22). The van der Waals surface area contributed by atoms with Crippen molar-refractivity contribution in [2.45, 2.75) is 46.1 Å². The van der Waals surface area contributed by atoms with Crippen LogP contribution in [0.15, 0.2) is 18.2 Å². The van der Waals surface area contributed by atoms with Gasteiger partial charge < -0.3 is 15.0 Å². The van der Waals surface area contributed by atoms with Gasteiger partial charge in [0.15, 0.2) is 0 Å². The zero-order valence-electron chi connectivity index (χ0n) is 14.7. The number of carbonyl (C=O) groups is 2. The number of nitrogens with zero attached hydrogens (tertiary/aromatic N) is 1. The van der Waals surface area contributed by atoms with Crippen molar-refractivity contribution < 1.29 is 14.3 Å². The van der Waals surface area contributed by atoms with Gasteiger partial charge in [-0.25, -0.2) is 4.79 Å². The van der Waals surface area contributed by atoms with Crippen molar-refractivity contribution in [3.8, 4) is 0 Å². The maximum Gasteiger partial charge on any atom is 0.410 e. The average molecular weight is 444 g/mol. The summed E-state index contributed by atoms with van der Waals surface area (Å²) in [4.78, 5) is 26.2. The van der Waals surface area contributed by atoms with Crippen LogP contribution in [-0.2, 0) is 9.53 Å². The second-order valence-electron chi connectivity index (χ2n) is 7.19. The third-order valence-corrected chi connectivity index (χ3v) is 5.12. The number of amides is 2. The van der Waals surface area contributed by atoms with Crippen LogP contribution in [0.1, 0.15) is 39.2 Å². The molecule has 2 amide bonds. The fraction of sp³-hybridized carbons (Fsp3) is 0.556. The summed E-state index contributed by atoms with van der Waals surface area (Å²) in [6, 6.07) is 5.90. The van der Waals surface area contributed by atoms with Crippen molar-refractivity contribution in [3.63, 3.8) is 0 Å². The number of nitrogens with one attached hydrogen (secondary N) is 1. The van der Waals surface area contributed by atoms with Crippen molar-refractivity contribution in [1.82, 2.24) is 4.90 Å². The molecule has 1 aliphatic rings. The Hall–Kier alpha value is -1.31. The van der Waals surface area contributed by atoms with E-state index >= 15 is 0 Å². The number of anilines is 1. The molecule has 1 aliphatic heterocycles. The largest absolute Gasteiger partial charge is 0.444 e. The highest BCUT2D eigenvalue weighted by atomic mass is 127. The van der Waals surface area contributed by atoms with Gasteiger partial charge in [-0.05, 0) is 80.8 Å². The number of hydrogen-bond donors (Lipinski definition) is 1. The quantitative estimate of drug-likeness (QED) is 0.697. The molecule has 1 aromatic carbocycles. The summed E-state index contributed by atoms with van der Waals surface area (Å²) in [6.45, 7) is 8.72. The number of rotatable bonds is 2. The monoisotopic (exact) mass is 444 g/mol. The molecule has 1 aromatic rings. The summed E-state index contributed by atoms with van der Waals surface area (Å²) in [5.41, 5.74) is 1.53. The predicted octanol–water partition coefficient (Wildman–Crippen LogP) is 4.19. The minimum atomic E-state index is -0.492. The zero-order valence-corrected chi connectivity index (χ0v) is 16.8. The summed E-state index contributed by atoms with van der Waals surface area (Å²) in [5.74, 6) is -0.0406. The molecule has 2 rings (SSSR count). The average Bonchev–Trinajstić information content (AvgIpc) is 2.49. The summed E-state index contributed by atoms with van der Waals surface area (Å²) < 4.78 is 6.51. The van der Waals surface area contributed by atoms with Crippen molar-refractivity contribution in [1.29, 1.82) is 0 Å². The topological polar surface area (TPSA) is 58.6 Å². The molecule has 1 heterocycles. The summed E-state index contributed by atoms with van der Waals surface area (Å²) in [7, 11) is 0. The number of hydrogen-bond acceptors (Lipinski definition) is 3. The third-order valence-electron chi connectivity index (χ3n) is 3.96. The molecule has 1 N–H and O–H groups in total. The Labute approximate surface area is 157 Å². The fourth-order valence-corrected chi connectivity index (χ4v) is 3.08. The third kappa shape index (κ3) is 5.36. The highest BCUT2D eigenvalue weighted by molar-refractivity contribution is 14.1. The SMILES string of the molecule is Cc1ccc(NC(=O)C2CCN(C(=O)OC(C)(C)C)CC2)cc1I. The lowest BCUT2D eigenvalue weighted by Gasteiger charge is -2.32.